The number of nitrogens with one attached hydrogen (secondary N) is 4. The monoisotopic (exact) mass is 549 g/mol. The Bertz CT molecular complexity index is 939. The number of ether oxygens (including phenoxy) is 1. The minimum atomic E-state index is -1.14. The molecule has 13 heteroatoms. The third kappa shape index (κ3) is 11.7. The van der Waals surface area contributed by atoms with Gasteiger partial charge in [-0.3, -0.25) is 19.8 Å². The molecular weight excluding hydrogens is 506 g/mol. The molecule has 2 rings (SSSR count). The second-order valence-electron chi connectivity index (χ2n) is 9.54. The standard InChI is InChI=1S/C26H43N7O6/c1-3-5-11-32(13-10-23(35)38-4-2)24(36)21(31-26(37)30-17-20-9-7-14-39-20)15-22(34)29-16-19-8-6-12-33(18-19)25(27)28/h7,9,14,19,21H,3-6,8,10-13,15-18H2,1-2H3,(H3,27,28)(H,29,34)(H2,30,31,37)/t19-,21-/m0/s1. The number of hydrogen-bond donors (Lipinski definition) is 5. The van der Waals surface area contributed by atoms with Crippen molar-refractivity contribution in [1.29, 1.82) is 5.41 Å². The van der Waals surface area contributed by atoms with Gasteiger partial charge in [-0.1, -0.05) is 13.3 Å². The van der Waals surface area contributed by atoms with Crippen LogP contribution in [0, 0.1) is 11.3 Å². The molecule has 4 amide bonds. The first-order chi connectivity index (χ1) is 18.7. The fraction of sp³-hybridized carbons (Fsp3) is 0.654. The highest BCUT2D eigenvalue weighted by Crippen LogP contribution is 2.15. The normalized spacial score (nSPS) is 15.6. The van der Waals surface area contributed by atoms with Crippen molar-refractivity contribution in [3.8, 4) is 0 Å². The molecule has 1 aromatic rings. The Morgan fingerprint density at radius 2 is 2.05 bits per heavy atom. The molecule has 218 valence electrons. The number of amides is 4. The van der Waals surface area contributed by atoms with Gasteiger partial charge in [0.05, 0.1) is 32.3 Å². The van der Waals surface area contributed by atoms with Crippen LogP contribution in [-0.4, -0.2) is 84.9 Å². The van der Waals surface area contributed by atoms with E-state index in [1.165, 1.54) is 11.2 Å². The average molecular weight is 550 g/mol. The average Bonchev–Trinajstić information content (AvgIpc) is 3.44. The van der Waals surface area contributed by atoms with Crippen LogP contribution in [-0.2, 0) is 25.7 Å². The zero-order valence-electron chi connectivity index (χ0n) is 23.0. The van der Waals surface area contributed by atoms with E-state index in [2.05, 4.69) is 16.0 Å². The Kier molecular flexibility index (Phi) is 13.7. The number of unbranched alkanes of at least 4 members (excludes halogenated alkanes) is 1. The third-order valence-electron chi connectivity index (χ3n) is 6.43. The number of furan rings is 1. The number of esters is 1. The summed E-state index contributed by atoms with van der Waals surface area (Å²) in [6.07, 6.45) is 4.52. The summed E-state index contributed by atoms with van der Waals surface area (Å²) in [4.78, 5) is 54.3. The summed E-state index contributed by atoms with van der Waals surface area (Å²) in [6.45, 7) is 6.21. The van der Waals surface area contributed by atoms with Crippen LogP contribution in [0.3, 0.4) is 0 Å². The SMILES string of the molecule is CCCCN(CCC(=O)OCC)C(=O)[C@H](CC(=O)NC[C@@H]1CCCN(C(=N)N)C1)NC(=O)NCc1ccco1. The van der Waals surface area contributed by atoms with Crippen molar-refractivity contribution < 1.29 is 28.3 Å². The molecule has 6 N–H and O–H groups in total. The number of carbonyl (C=O) groups is 4. The lowest BCUT2D eigenvalue weighted by atomic mass is 9.98. The lowest BCUT2D eigenvalue weighted by molar-refractivity contribution is -0.144. The summed E-state index contributed by atoms with van der Waals surface area (Å²) >= 11 is 0. The van der Waals surface area contributed by atoms with E-state index in [1.807, 2.05) is 6.92 Å². The number of guanidine groups is 1. The number of rotatable bonds is 15. The minimum Gasteiger partial charge on any atom is -0.467 e. The number of urea groups is 1. The predicted octanol–water partition coefficient (Wildman–Crippen LogP) is 1.14. The van der Waals surface area contributed by atoms with Crippen molar-refractivity contribution in [1.82, 2.24) is 25.8 Å². The first-order valence-corrected chi connectivity index (χ1v) is 13.6. The molecule has 1 aliphatic heterocycles. The molecule has 13 nitrogen and oxygen atoms in total. The molecule has 1 aromatic heterocycles. The minimum absolute atomic E-state index is 0.0106. The second kappa shape index (κ2) is 16.9. The maximum atomic E-state index is 13.5. The van der Waals surface area contributed by atoms with Gasteiger partial charge in [0.15, 0.2) is 5.96 Å². The zero-order valence-corrected chi connectivity index (χ0v) is 23.0. The van der Waals surface area contributed by atoms with Gasteiger partial charge in [0.1, 0.15) is 11.8 Å². The van der Waals surface area contributed by atoms with E-state index in [-0.39, 0.29) is 50.3 Å². The summed E-state index contributed by atoms with van der Waals surface area (Å²) in [5.74, 6) is -0.585. The molecule has 0 spiro atoms. The van der Waals surface area contributed by atoms with Crippen LogP contribution in [0.25, 0.3) is 0 Å². The van der Waals surface area contributed by atoms with E-state index in [0.717, 1.165) is 19.3 Å². The Balaban J connectivity index is 2.05. The molecule has 1 aliphatic rings. The summed E-state index contributed by atoms with van der Waals surface area (Å²) in [5.41, 5.74) is 5.61. The first kappa shape index (κ1) is 31.4. The van der Waals surface area contributed by atoms with Gasteiger partial charge in [-0.2, -0.15) is 0 Å². The van der Waals surface area contributed by atoms with Crippen LogP contribution < -0.4 is 21.7 Å². The van der Waals surface area contributed by atoms with Gasteiger partial charge in [-0.25, -0.2) is 4.79 Å². The van der Waals surface area contributed by atoms with Gasteiger partial charge in [0.25, 0.3) is 0 Å². The molecule has 0 aliphatic carbocycles. The smallest absolute Gasteiger partial charge is 0.315 e. The molecule has 0 radical (unpaired) electrons. The quantitative estimate of drug-likeness (QED) is 0.123. The van der Waals surface area contributed by atoms with Crippen molar-refractivity contribution in [3.63, 3.8) is 0 Å². The molecule has 2 atom stereocenters. The van der Waals surface area contributed by atoms with E-state index in [1.54, 1.807) is 24.0 Å². The zero-order chi connectivity index (χ0) is 28.6. The molecule has 0 saturated carbocycles. The van der Waals surface area contributed by atoms with Crippen LogP contribution in [0.2, 0.25) is 0 Å². The van der Waals surface area contributed by atoms with E-state index < -0.39 is 23.9 Å². The molecular formula is C26H43N7O6. The molecule has 39 heavy (non-hydrogen) atoms. The summed E-state index contributed by atoms with van der Waals surface area (Å²) < 4.78 is 10.2. The Morgan fingerprint density at radius 1 is 1.26 bits per heavy atom. The Hall–Kier alpha value is -3.77. The summed E-state index contributed by atoms with van der Waals surface area (Å²) in [7, 11) is 0. The summed E-state index contributed by atoms with van der Waals surface area (Å²) in [5, 5.41) is 15.8. The highest BCUT2D eigenvalue weighted by molar-refractivity contribution is 5.92. The molecule has 1 fully saturated rings. The lowest BCUT2D eigenvalue weighted by Crippen LogP contribution is -2.53. The number of piperidine rings is 1. The highest BCUT2D eigenvalue weighted by atomic mass is 16.5. The Labute approximate surface area is 229 Å². The van der Waals surface area contributed by atoms with Gasteiger partial charge in [-0.05, 0) is 44.2 Å². The topological polar surface area (TPSA) is 183 Å². The first-order valence-electron chi connectivity index (χ1n) is 13.6. The van der Waals surface area contributed by atoms with Gasteiger partial charge in [-0.15, -0.1) is 0 Å². The molecule has 2 heterocycles. The fourth-order valence-corrected chi connectivity index (χ4v) is 4.32. The third-order valence-corrected chi connectivity index (χ3v) is 6.43. The van der Waals surface area contributed by atoms with Crippen molar-refractivity contribution >= 4 is 29.8 Å². The van der Waals surface area contributed by atoms with Crippen LogP contribution in [0.1, 0.15) is 58.1 Å². The Morgan fingerprint density at radius 3 is 2.72 bits per heavy atom. The lowest BCUT2D eigenvalue weighted by Gasteiger charge is -2.33. The van der Waals surface area contributed by atoms with Gasteiger partial charge in [0.2, 0.25) is 11.8 Å². The maximum absolute atomic E-state index is 13.5. The molecule has 0 bridgehead atoms. The molecule has 0 aromatic carbocycles. The van der Waals surface area contributed by atoms with E-state index >= 15 is 0 Å². The number of carbonyl (C=O) groups excluding carboxylic acids is 4. The second-order valence-corrected chi connectivity index (χ2v) is 9.54. The van der Waals surface area contributed by atoms with Gasteiger partial charge >= 0.3 is 12.0 Å². The van der Waals surface area contributed by atoms with Crippen molar-refractivity contribution in [2.45, 2.75) is 65.0 Å². The van der Waals surface area contributed by atoms with E-state index in [0.29, 0.717) is 38.4 Å². The van der Waals surface area contributed by atoms with E-state index in [4.69, 9.17) is 20.3 Å². The number of nitrogens with zero attached hydrogens (tertiary/aromatic N) is 2. The van der Waals surface area contributed by atoms with Crippen molar-refractivity contribution in [2.75, 3.05) is 39.3 Å². The van der Waals surface area contributed by atoms with Crippen LogP contribution in [0.15, 0.2) is 22.8 Å². The van der Waals surface area contributed by atoms with Gasteiger partial charge in [0, 0.05) is 32.7 Å². The van der Waals surface area contributed by atoms with Gasteiger partial charge < -0.3 is 40.6 Å². The maximum Gasteiger partial charge on any atom is 0.315 e. The van der Waals surface area contributed by atoms with Crippen LogP contribution in [0.5, 0.6) is 0 Å². The number of hydrogen-bond acceptors (Lipinski definition) is 7. The van der Waals surface area contributed by atoms with Crippen LogP contribution in [0.4, 0.5) is 4.79 Å². The predicted molar refractivity (Wildman–Crippen MR) is 144 cm³/mol. The van der Waals surface area contributed by atoms with Crippen LogP contribution >= 0.6 is 0 Å². The molecule has 1 saturated heterocycles. The highest BCUT2D eigenvalue weighted by Gasteiger charge is 2.29. The largest absolute Gasteiger partial charge is 0.467 e. The number of nitrogens with two attached hydrogens (primary N) is 1. The molecule has 0 unspecified atom stereocenters. The fourth-order valence-electron chi connectivity index (χ4n) is 4.32. The van der Waals surface area contributed by atoms with E-state index in [9.17, 15) is 19.2 Å². The van der Waals surface area contributed by atoms with Crippen molar-refractivity contribution in [2.24, 2.45) is 11.7 Å². The summed E-state index contributed by atoms with van der Waals surface area (Å²) in [6, 6.07) is 1.64. The number of likely N-dealkylation sites (tertiary alicyclic amines) is 1. The van der Waals surface area contributed by atoms with Crippen molar-refractivity contribution in [3.05, 3.63) is 24.2 Å².